The summed E-state index contributed by atoms with van der Waals surface area (Å²) in [7, 11) is 1.28. The Morgan fingerprint density at radius 1 is 1.10 bits per heavy atom. The molecule has 3 aromatic rings. The molecule has 0 aromatic heterocycles. The molecule has 0 amide bonds. The lowest BCUT2D eigenvalue weighted by Crippen LogP contribution is -1.92. The van der Waals surface area contributed by atoms with Crippen LogP contribution in [0.3, 0.4) is 0 Å². The molecule has 0 spiro atoms. The van der Waals surface area contributed by atoms with Gasteiger partial charge in [0.15, 0.2) is 0 Å². The molecule has 0 saturated carbocycles. The van der Waals surface area contributed by atoms with Gasteiger partial charge in [0.25, 0.3) is 0 Å². The summed E-state index contributed by atoms with van der Waals surface area (Å²) in [6.07, 6.45) is 0. The van der Waals surface area contributed by atoms with Crippen molar-refractivity contribution in [3.05, 3.63) is 64.7 Å². The molecule has 3 aromatic carbocycles. The molecule has 0 bridgehead atoms. The third-order valence-corrected chi connectivity index (χ3v) is 3.35. The summed E-state index contributed by atoms with van der Waals surface area (Å²) in [6.45, 7) is 0. The predicted molar refractivity (Wildman–Crippen MR) is 83.6 cm³/mol. The van der Waals surface area contributed by atoms with Crippen molar-refractivity contribution in [2.45, 2.75) is 0 Å². The minimum absolute atomic E-state index is 0.00374. The van der Waals surface area contributed by atoms with Gasteiger partial charge in [-0.05, 0) is 29.6 Å². The first-order valence-corrected chi connectivity index (χ1v) is 6.52. The van der Waals surface area contributed by atoms with Gasteiger partial charge >= 0.3 is 0 Å². The third-order valence-electron chi connectivity index (χ3n) is 2.86. The molecular weight excluding hydrogens is 319 g/mol. The number of ether oxygens (including phenoxy) is 1. The van der Waals surface area contributed by atoms with Gasteiger partial charge in [-0.2, -0.15) is 0 Å². The first kappa shape index (κ1) is 7.79. The highest BCUT2D eigenvalue weighted by Gasteiger charge is 2.13. The Balaban J connectivity index is 2.62. The summed E-state index contributed by atoms with van der Waals surface area (Å²) >= 11 is 3.24. The van der Waals surface area contributed by atoms with Crippen molar-refractivity contribution in [3.63, 3.8) is 0 Å². The number of fused-ring (bicyclic) bond motifs is 1. The van der Waals surface area contributed by atoms with Crippen LogP contribution in [0.25, 0.3) is 21.9 Å². The van der Waals surface area contributed by atoms with Crippen LogP contribution in [0.4, 0.5) is 4.39 Å². The third kappa shape index (κ3) is 2.18. The van der Waals surface area contributed by atoms with Crippen LogP contribution in [0.5, 0.6) is 5.75 Å². The lowest BCUT2D eigenvalue weighted by molar-refractivity contribution is 0.421. The molecule has 1 nitrogen and oxygen atoms in total. The molecule has 0 fully saturated rings. The molecule has 3 rings (SSSR count). The summed E-state index contributed by atoms with van der Waals surface area (Å²) in [5.41, 5.74) is -0.0298. The van der Waals surface area contributed by atoms with E-state index in [1.165, 1.54) is 25.3 Å². The zero-order chi connectivity index (χ0) is 19.3. The first-order chi connectivity index (χ1) is 12.2. The van der Waals surface area contributed by atoms with E-state index in [-0.39, 0.29) is 33.7 Å². The van der Waals surface area contributed by atoms with Crippen molar-refractivity contribution < 1.29 is 17.4 Å². The number of hydrogen-bond donors (Lipinski definition) is 0. The van der Waals surface area contributed by atoms with Crippen LogP contribution in [0, 0.1) is 5.82 Å². The molecule has 0 atom stereocenters. The Morgan fingerprint density at radius 2 is 1.90 bits per heavy atom. The van der Waals surface area contributed by atoms with Crippen molar-refractivity contribution in [2.24, 2.45) is 0 Å². The van der Waals surface area contributed by atoms with E-state index in [1.54, 1.807) is 0 Å². The zero-order valence-corrected chi connectivity index (χ0v) is 12.0. The Kier molecular flexibility index (Phi) is 2.05. The second-order valence-electron chi connectivity index (χ2n) is 4.03. The molecule has 100 valence electrons. The maximum atomic E-state index is 14.4. The van der Waals surface area contributed by atoms with E-state index in [9.17, 15) is 4.39 Å². The minimum atomic E-state index is -0.639. The predicted octanol–water partition coefficient (Wildman–Crippen LogP) is 5.42. The number of rotatable bonds is 2. The summed E-state index contributed by atoms with van der Waals surface area (Å²) in [5.74, 6) is -0.704. The van der Waals surface area contributed by atoms with Crippen LogP contribution in [0.2, 0.25) is 0 Å². The number of methoxy groups -OCH3 is 1. The Labute approximate surface area is 133 Å². The maximum Gasteiger partial charge on any atom is 0.134 e. The van der Waals surface area contributed by atoms with Gasteiger partial charge in [-0.1, -0.05) is 46.1 Å². The van der Waals surface area contributed by atoms with Crippen molar-refractivity contribution in [1.29, 1.82) is 0 Å². The van der Waals surface area contributed by atoms with Gasteiger partial charge in [-0.3, -0.25) is 0 Å². The number of benzene rings is 3. The minimum Gasteiger partial charge on any atom is -0.495 e. The molecule has 0 aliphatic heterocycles. The summed E-state index contributed by atoms with van der Waals surface area (Å²) in [6, 6.07) is 1.51. The Bertz CT molecular complexity index is 1070. The van der Waals surface area contributed by atoms with Crippen molar-refractivity contribution in [3.8, 4) is 16.9 Å². The van der Waals surface area contributed by atoms with E-state index in [2.05, 4.69) is 15.9 Å². The van der Waals surface area contributed by atoms with E-state index < -0.39 is 36.0 Å². The molecule has 0 unspecified atom stereocenters. The normalized spacial score (nSPS) is 14.9. The molecular formula is C17H12BrFO. The molecule has 20 heavy (non-hydrogen) atoms. The average molecular weight is 337 g/mol. The maximum absolute atomic E-state index is 14.4. The fourth-order valence-corrected chi connectivity index (χ4v) is 2.33. The van der Waals surface area contributed by atoms with Crippen LogP contribution in [-0.2, 0) is 0 Å². The SMILES string of the molecule is [2H]c1c([2H])c([2H])c2c(OC)c(-c3cc(Br)ccc3F)c([2H])c([2H])c2c1[2H]. The number of hydrogen-bond acceptors (Lipinski definition) is 1. The van der Waals surface area contributed by atoms with Gasteiger partial charge in [0, 0.05) is 21.0 Å². The lowest BCUT2D eigenvalue weighted by atomic mass is 9.99. The van der Waals surface area contributed by atoms with Crippen LogP contribution in [0.1, 0.15) is 8.22 Å². The first-order valence-electron chi connectivity index (χ1n) is 8.73. The summed E-state index contributed by atoms with van der Waals surface area (Å²) < 4.78 is 68.8. The van der Waals surface area contributed by atoms with Gasteiger partial charge in [-0.15, -0.1) is 0 Å². The van der Waals surface area contributed by atoms with Crippen LogP contribution in [-0.4, -0.2) is 7.11 Å². The van der Waals surface area contributed by atoms with Gasteiger partial charge in [0.1, 0.15) is 11.6 Å². The molecule has 0 heterocycles. The summed E-state index contributed by atoms with van der Waals surface area (Å²) in [4.78, 5) is 0. The molecule has 0 saturated heterocycles. The van der Waals surface area contributed by atoms with E-state index in [4.69, 9.17) is 13.0 Å². The summed E-state index contributed by atoms with van der Waals surface area (Å²) in [5, 5.41) is -0.175. The van der Waals surface area contributed by atoms with Gasteiger partial charge in [0.05, 0.1) is 15.3 Å². The second kappa shape index (κ2) is 5.25. The zero-order valence-electron chi connectivity index (χ0n) is 16.4. The van der Waals surface area contributed by atoms with E-state index in [0.29, 0.717) is 4.47 Å². The van der Waals surface area contributed by atoms with Crippen LogP contribution < -0.4 is 4.74 Å². The highest BCUT2D eigenvalue weighted by atomic mass is 79.9. The molecule has 0 aliphatic rings. The van der Waals surface area contributed by atoms with Crippen LogP contribution in [0.15, 0.2) is 58.9 Å². The highest BCUT2D eigenvalue weighted by Crippen LogP contribution is 2.38. The fraction of sp³-hybridized carbons (Fsp3) is 0.0588. The van der Waals surface area contributed by atoms with Crippen molar-refractivity contribution in [2.75, 3.05) is 7.11 Å². The second-order valence-corrected chi connectivity index (χ2v) is 4.95. The quantitative estimate of drug-likeness (QED) is 0.607. The van der Waals surface area contributed by atoms with E-state index in [1.807, 2.05) is 0 Å². The standard InChI is InChI=1S/C17H12BrFO/c1-20-17-13-5-3-2-4-11(13)6-8-14(17)15-10-12(18)7-9-16(15)19/h2-10H,1H3/i2D,3D,4D,5D,6D,8D. The fourth-order valence-electron chi connectivity index (χ4n) is 1.97. The van der Waals surface area contributed by atoms with E-state index in [0.717, 1.165) is 0 Å². The van der Waals surface area contributed by atoms with E-state index >= 15 is 0 Å². The number of halogens is 2. The smallest absolute Gasteiger partial charge is 0.134 e. The lowest BCUT2D eigenvalue weighted by Gasteiger charge is -2.13. The molecule has 0 aliphatic carbocycles. The topological polar surface area (TPSA) is 9.23 Å². The van der Waals surface area contributed by atoms with Gasteiger partial charge < -0.3 is 4.74 Å². The largest absolute Gasteiger partial charge is 0.495 e. The highest BCUT2D eigenvalue weighted by molar-refractivity contribution is 9.10. The van der Waals surface area contributed by atoms with Gasteiger partial charge in [0.2, 0.25) is 0 Å². The average Bonchev–Trinajstić information content (AvgIpc) is 2.62. The Hall–Kier alpha value is -1.87. The molecule has 3 heteroatoms. The van der Waals surface area contributed by atoms with Gasteiger partial charge in [-0.25, -0.2) is 4.39 Å². The molecule has 0 N–H and O–H groups in total. The van der Waals surface area contributed by atoms with Crippen molar-refractivity contribution in [1.82, 2.24) is 0 Å². The van der Waals surface area contributed by atoms with Crippen LogP contribution >= 0.6 is 15.9 Å². The molecule has 0 radical (unpaired) electrons. The monoisotopic (exact) mass is 336 g/mol. The Morgan fingerprint density at radius 3 is 2.70 bits per heavy atom. The van der Waals surface area contributed by atoms with Crippen molar-refractivity contribution >= 4 is 26.7 Å².